The Hall–Kier alpha value is -2.04. The quantitative estimate of drug-likeness (QED) is 0.794. The summed E-state index contributed by atoms with van der Waals surface area (Å²) in [5.74, 6) is 0.377. The van der Waals surface area contributed by atoms with E-state index in [0.29, 0.717) is 23.8 Å². The molecule has 0 aliphatic carbocycles. The molecule has 0 radical (unpaired) electrons. The van der Waals surface area contributed by atoms with Crippen LogP contribution in [0, 0.1) is 5.92 Å². The zero-order chi connectivity index (χ0) is 14.3. The molecule has 0 bridgehead atoms. The second kappa shape index (κ2) is 7.41. The molecule has 0 atom stereocenters. The van der Waals surface area contributed by atoms with Crippen LogP contribution < -0.4 is 10.1 Å². The van der Waals surface area contributed by atoms with Crippen molar-refractivity contribution in [3.05, 3.63) is 29.8 Å². The average molecular weight is 265 g/mol. The van der Waals surface area contributed by atoms with Gasteiger partial charge in [0.1, 0.15) is 5.75 Å². The summed E-state index contributed by atoms with van der Waals surface area (Å²) in [6, 6.07) is 6.43. The van der Waals surface area contributed by atoms with E-state index in [4.69, 9.17) is 4.74 Å². The molecule has 1 aromatic rings. The minimum Gasteiger partial charge on any atom is -0.484 e. The van der Waals surface area contributed by atoms with Crippen LogP contribution in [0.25, 0.3) is 0 Å². The topological polar surface area (TPSA) is 64.6 Å². The largest absolute Gasteiger partial charge is 0.484 e. The van der Waals surface area contributed by atoms with Crippen LogP contribution in [0.4, 0.5) is 0 Å². The van der Waals surface area contributed by atoms with E-state index in [1.165, 1.54) is 7.11 Å². The monoisotopic (exact) mass is 265 g/mol. The lowest BCUT2D eigenvalue weighted by molar-refractivity contribution is -0.123. The number of esters is 1. The summed E-state index contributed by atoms with van der Waals surface area (Å²) in [5.41, 5.74) is 0.444. The molecule has 0 aliphatic heterocycles. The van der Waals surface area contributed by atoms with E-state index in [9.17, 15) is 9.59 Å². The van der Waals surface area contributed by atoms with Crippen molar-refractivity contribution >= 4 is 11.9 Å². The van der Waals surface area contributed by atoms with E-state index >= 15 is 0 Å². The smallest absolute Gasteiger partial charge is 0.337 e. The highest BCUT2D eigenvalue weighted by atomic mass is 16.5. The number of ether oxygens (including phenoxy) is 2. The number of carbonyl (C=O) groups is 2. The van der Waals surface area contributed by atoms with Crippen molar-refractivity contribution in [3.8, 4) is 5.75 Å². The molecule has 0 aromatic heterocycles. The van der Waals surface area contributed by atoms with Gasteiger partial charge in [-0.2, -0.15) is 0 Å². The molecule has 104 valence electrons. The third kappa shape index (κ3) is 5.42. The minimum absolute atomic E-state index is 0.0374. The molecule has 1 rings (SSSR count). The van der Waals surface area contributed by atoms with Crippen LogP contribution in [0.3, 0.4) is 0 Å². The van der Waals surface area contributed by atoms with Crippen molar-refractivity contribution in [2.24, 2.45) is 5.92 Å². The number of hydrogen-bond donors (Lipinski definition) is 1. The number of benzene rings is 1. The van der Waals surface area contributed by atoms with Gasteiger partial charge in [-0.05, 0) is 30.2 Å². The van der Waals surface area contributed by atoms with Gasteiger partial charge < -0.3 is 14.8 Å². The zero-order valence-electron chi connectivity index (χ0n) is 11.4. The lowest BCUT2D eigenvalue weighted by Gasteiger charge is -2.09. The SMILES string of the molecule is COC(=O)c1ccc(OCC(=O)NCC(C)C)cc1. The van der Waals surface area contributed by atoms with Crippen LogP contribution in [-0.4, -0.2) is 32.1 Å². The van der Waals surface area contributed by atoms with Crippen molar-refractivity contribution in [1.29, 1.82) is 0 Å². The normalized spacial score (nSPS) is 10.1. The van der Waals surface area contributed by atoms with Crippen molar-refractivity contribution < 1.29 is 19.1 Å². The lowest BCUT2D eigenvalue weighted by atomic mass is 10.2. The standard InChI is InChI=1S/C14H19NO4/c1-10(2)8-15-13(16)9-19-12-6-4-11(5-7-12)14(17)18-3/h4-7,10H,8-9H2,1-3H3,(H,15,16). The van der Waals surface area contributed by atoms with E-state index in [1.807, 2.05) is 13.8 Å². The maximum Gasteiger partial charge on any atom is 0.337 e. The Morgan fingerprint density at radius 2 is 1.84 bits per heavy atom. The number of amides is 1. The van der Waals surface area contributed by atoms with Gasteiger partial charge in [-0.1, -0.05) is 13.8 Å². The molecule has 0 fully saturated rings. The molecule has 0 saturated heterocycles. The van der Waals surface area contributed by atoms with Gasteiger partial charge in [0.15, 0.2) is 6.61 Å². The summed E-state index contributed by atoms with van der Waals surface area (Å²) < 4.78 is 9.89. The van der Waals surface area contributed by atoms with Crippen molar-refractivity contribution in [3.63, 3.8) is 0 Å². The molecule has 5 nitrogen and oxygen atoms in total. The van der Waals surface area contributed by atoms with Crippen LogP contribution in [0.15, 0.2) is 24.3 Å². The third-order valence-electron chi connectivity index (χ3n) is 2.35. The highest BCUT2D eigenvalue weighted by Crippen LogP contribution is 2.12. The first-order valence-corrected chi connectivity index (χ1v) is 6.10. The number of methoxy groups -OCH3 is 1. The van der Waals surface area contributed by atoms with Gasteiger partial charge in [0.2, 0.25) is 0 Å². The maximum absolute atomic E-state index is 11.4. The van der Waals surface area contributed by atoms with Crippen LogP contribution in [0.5, 0.6) is 5.75 Å². The van der Waals surface area contributed by atoms with Gasteiger partial charge in [0.25, 0.3) is 5.91 Å². The lowest BCUT2D eigenvalue weighted by Crippen LogP contribution is -2.31. The molecule has 0 unspecified atom stereocenters. The Morgan fingerprint density at radius 3 is 2.37 bits per heavy atom. The minimum atomic E-state index is -0.402. The Balaban J connectivity index is 2.41. The second-order valence-corrected chi connectivity index (χ2v) is 4.50. The van der Waals surface area contributed by atoms with Crippen LogP contribution in [0.2, 0.25) is 0 Å². The number of hydrogen-bond acceptors (Lipinski definition) is 4. The van der Waals surface area contributed by atoms with Crippen molar-refractivity contribution in [1.82, 2.24) is 5.32 Å². The van der Waals surface area contributed by atoms with E-state index in [-0.39, 0.29) is 12.5 Å². The summed E-state index contributed by atoms with van der Waals surface area (Å²) in [7, 11) is 1.33. The summed E-state index contributed by atoms with van der Waals surface area (Å²) >= 11 is 0. The molecule has 1 N–H and O–H groups in total. The molecule has 1 amide bonds. The summed E-state index contributed by atoms with van der Waals surface area (Å²) in [6.07, 6.45) is 0. The van der Waals surface area contributed by atoms with Gasteiger partial charge in [-0.15, -0.1) is 0 Å². The fourth-order valence-corrected chi connectivity index (χ4v) is 1.32. The fraction of sp³-hybridized carbons (Fsp3) is 0.429. The van der Waals surface area contributed by atoms with Gasteiger partial charge in [0, 0.05) is 6.54 Å². The van der Waals surface area contributed by atoms with Gasteiger partial charge in [-0.3, -0.25) is 4.79 Å². The summed E-state index contributed by atoms with van der Waals surface area (Å²) in [4.78, 5) is 22.6. The first-order valence-electron chi connectivity index (χ1n) is 6.10. The molecular formula is C14H19NO4. The van der Waals surface area contributed by atoms with Crippen LogP contribution in [0.1, 0.15) is 24.2 Å². The number of carbonyl (C=O) groups excluding carboxylic acids is 2. The Labute approximate surface area is 112 Å². The third-order valence-corrected chi connectivity index (χ3v) is 2.35. The first kappa shape index (κ1) is 15.0. The van der Waals surface area contributed by atoms with Crippen molar-refractivity contribution in [2.45, 2.75) is 13.8 Å². The molecule has 19 heavy (non-hydrogen) atoms. The van der Waals surface area contributed by atoms with Gasteiger partial charge >= 0.3 is 5.97 Å². The average Bonchev–Trinajstić information content (AvgIpc) is 2.42. The predicted octanol–water partition coefficient (Wildman–Crippen LogP) is 1.62. The second-order valence-electron chi connectivity index (χ2n) is 4.50. The van der Waals surface area contributed by atoms with Gasteiger partial charge in [0.05, 0.1) is 12.7 Å². The van der Waals surface area contributed by atoms with Crippen molar-refractivity contribution in [2.75, 3.05) is 20.3 Å². The van der Waals surface area contributed by atoms with Crippen LogP contribution >= 0.6 is 0 Å². The summed E-state index contributed by atoms with van der Waals surface area (Å²) in [6.45, 7) is 4.63. The van der Waals surface area contributed by atoms with E-state index in [1.54, 1.807) is 24.3 Å². The molecule has 0 heterocycles. The molecule has 0 spiro atoms. The highest BCUT2D eigenvalue weighted by Gasteiger charge is 2.06. The Kier molecular flexibility index (Phi) is 5.85. The van der Waals surface area contributed by atoms with Crippen LogP contribution in [-0.2, 0) is 9.53 Å². The molecule has 1 aromatic carbocycles. The molecule has 0 aliphatic rings. The molecular weight excluding hydrogens is 246 g/mol. The summed E-state index contributed by atoms with van der Waals surface area (Å²) in [5, 5.41) is 2.75. The Morgan fingerprint density at radius 1 is 1.21 bits per heavy atom. The Bertz CT molecular complexity index is 426. The highest BCUT2D eigenvalue weighted by molar-refractivity contribution is 5.89. The molecule has 0 saturated carbocycles. The van der Waals surface area contributed by atoms with Gasteiger partial charge in [-0.25, -0.2) is 4.79 Å². The molecule has 5 heteroatoms. The first-order chi connectivity index (χ1) is 9.02. The number of rotatable bonds is 6. The fourth-order valence-electron chi connectivity index (χ4n) is 1.32. The zero-order valence-corrected chi connectivity index (χ0v) is 11.4. The van der Waals surface area contributed by atoms with E-state index < -0.39 is 5.97 Å². The predicted molar refractivity (Wildman–Crippen MR) is 71.1 cm³/mol. The van der Waals surface area contributed by atoms with E-state index in [0.717, 1.165) is 0 Å². The maximum atomic E-state index is 11.4. The van der Waals surface area contributed by atoms with E-state index in [2.05, 4.69) is 10.1 Å². The number of nitrogens with one attached hydrogen (secondary N) is 1.